The molecule has 1 atom stereocenters. The average molecular weight is 201 g/mol. The Morgan fingerprint density at radius 3 is 2.43 bits per heavy atom. The van der Waals surface area contributed by atoms with E-state index < -0.39 is 12.0 Å². The van der Waals surface area contributed by atoms with Gasteiger partial charge < -0.3 is 10.8 Å². The van der Waals surface area contributed by atoms with Crippen LogP contribution in [0.15, 0.2) is 0 Å². The predicted molar refractivity (Wildman–Crippen MR) is 54.0 cm³/mol. The van der Waals surface area contributed by atoms with Gasteiger partial charge in [0.15, 0.2) is 0 Å². The van der Waals surface area contributed by atoms with E-state index in [0.717, 1.165) is 19.3 Å². The van der Waals surface area contributed by atoms with Crippen LogP contribution in [-0.2, 0) is 9.59 Å². The van der Waals surface area contributed by atoms with Gasteiger partial charge in [-0.3, -0.25) is 9.59 Å². The van der Waals surface area contributed by atoms with Crippen LogP contribution in [0.2, 0.25) is 0 Å². The van der Waals surface area contributed by atoms with E-state index in [1.165, 1.54) is 0 Å². The molecule has 0 saturated carbocycles. The summed E-state index contributed by atoms with van der Waals surface area (Å²) >= 11 is 0. The Balaban J connectivity index is 3.59. The number of carbonyl (C=O) groups is 2. The number of ketones is 1. The van der Waals surface area contributed by atoms with E-state index in [-0.39, 0.29) is 18.6 Å². The van der Waals surface area contributed by atoms with E-state index in [1.807, 2.05) is 0 Å². The number of nitrogens with two attached hydrogens (primary N) is 1. The molecule has 82 valence electrons. The van der Waals surface area contributed by atoms with Gasteiger partial charge in [0.1, 0.15) is 5.78 Å². The molecule has 0 aromatic rings. The zero-order valence-electron chi connectivity index (χ0n) is 8.66. The molecule has 0 heterocycles. The summed E-state index contributed by atoms with van der Waals surface area (Å²) in [7, 11) is 0. The van der Waals surface area contributed by atoms with E-state index in [9.17, 15) is 9.59 Å². The third-order valence-corrected chi connectivity index (χ3v) is 2.11. The minimum Gasteiger partial charge on any atom is -0.481 e. The van der Waals surface area contributed by atoms with E-state index >= 15 is 0 Å². The van der Waals surface area contributed by atoms with Crippen LogP contribution in [0.4, 0.5) is 0 Å². The molecule has 0 radical (unpaired) electrons. The molecule has 0 aliphatic heterocycles. The zero-order chi connectivity index (χ0) is 11.0. The minimum atomic E-state index is -0.901. The number of unbranched alkanes of at least 4 members (excludes halogenated alkanes) is 2. The molecule has 4 nitrogen and oxygen atoms in total. The number of carboxylic acids is 1. The van der Waals surface area contributed by atoms with Crippen LogP contribution in [0, 0.1) is 0 Å². The van der Waals surface area contributed by atoms with Crippen LogP contribution in [0.3, 0.4) is 0 Å². The fourth-order valence-electron chi connectivity index (χ4n) is 1.17. The lowest BCUT2D eigenvalue weighted by Crippen LogP contribution is -2.30. The van der Waals surface area contributed by atoms with Crippen molar-refractivity contribution in [3.05, 3.63) is 0 Å². The van der Waals surface area contributed by atoms with Crippen LogP contribution >= 0.6 is 0 Å². The summed E-state index contributed by atoms with van der Waals surface area (Å²) in [6.45, 7) is 2.06. The van der Waals surface area contributed by atoms with Crippen molar-refractivity contribution in [2.24, 2.45) is 5.73 Å². The van der Waals surface area contributed by atoms with Gasteiger partial charge in [-0.05, 0) is 12.8 Å². The summed E-state index contributed by atoms with van der Waals surface area (Å²) in [4.78, 5) is 21.5. The number of Topliss-reactive ketones (excluding diaryl/α,β-unsaturated/α-hetero) is 1. The fraction of sp³-hybridized carbons (Fsp3) is 0.800. The highest BCUT2D eigenvalue weighted by molar-refractivity contribution is 5.84. The summed E-state index contributed by atoms with van der Waals surface area (Å²) in [5, 5.41) is 8.39. The Morgan fingerprint density at radius 1 is 1.29 bits per heavy atom. The molecule has 0 fully saturated rings. The van der Waals surface area contributed by atoms with Crippen molar-refractivity contribution < 1.29 is 14.7 Å². The Morgan fingerprint density at radius 2 is 1.93 bits per heavy atom. The largest absolute Gasteiger partial charge is 0.481 e. The fourth-order valence-corrected chi connectivity index (χ4v) is 1.17. The van der Waals surface area contributed by atoms with E-state index in [2.05, 4.69) is 6.92 Å². The van der Waals surface area contributed by atoms with Crippen molar-refractivity contribution in [3.8, 4) is 0 Å². The van der Waals surface area contributed by atoms with Gasteiger partial charge in [0, 0.05) is 12.8 Å². The molecule has 0 saturated heterocycles. The van der Waals surface area contributed by atoms with Crippen LogP contribution in [0.5, 0.6) is 0 Å². The Hall–Kier alpha value is -0.900. The number of hydrogen-bond donors (Lipinski definition) is 2. The molecule has 0 aromatic heterocycles. The Labute approximate surface area is 84.5 Å². The minimum absolute atomic E-state index is 0.0142. The average Bonchev–Trinajstić information content (AvgIpc) is 2.14. The first-order chi connectivity index (χ1) is 6.57. The number of carboxylic acid groups (broad SMARTS) is 1. The second kappa shape index (κ2) is 7.50. The second-order valence-electron chi connectivity index (χ2n) is 3.46. The SMILES string of the molecule is CCCCCC(=O)C(N)CCC(=O)O. The molecule has 0 bridgehead atoms. The van der Waals surface area contributed by atoms with Crippen LogP contribution < -0.4 is 5.73 Å². The van der Waals surface area contributed by atoms with Gasteiger partial charge in [0.2, 0.25) is 0 Å². The summed E-state index contributed by atoms with van der Waals surface area (Å²) in [6.07, 6.45) is 3.65. The second-order valence-corrected chi connectivity index (χ2v) is 3.46. The third-order valence-electron chi connectivity index (χ3n) is 2.11. The van der Waals surface area contributed by atoms with Crippen molar-refractivity contribution in [1.29, 1.82) is 0 Å². The van der Waals surface area contributed by atoms with Crippen molar-refractivity contribution in [3.63, 3.8) is 0 Å². The topological polar surface area (TPSA) is 80.4 Å². The maximum atomic E-state index is 11.3. The van der Waals surface area contributed by atoms with Crippen molar-refractivity contribution in [2.45, 2.75) is 51.5 Å². The number of hydrogen-bond acceptors (Lipinski definition) is 3. The molecule has 14 heavy (non-hydrogen) atoms. The maximum absolute atomic E-state index is 11.3. The highest BCUT2D eigenvalue weighted by Crippen LogP contribution is 2.04. The van der Waals surface area contributed by atoms with E-state index in [4.69, 9.17) is 10.8 Å². The lowest BCUT2D eigenvalue weighted by Gasteiger charge is -2.08. The Bertz CT molecular complexity index is 192. The van der Waals surface area contributed by atoms with Crippen molar-refractivity contribution in [2.75, 3.05) is 0 Å². The van der Waals surface area contributed by atoms with Crippen molar-refractivity contribution >= 4 is 11.8 Å². The number of rotatable bonds is 8. The standard InChI is InChI=1S/C10H19NO3/c1-2-3-4-5-9(12)8(11)6-7-10(13)14/h8H,2-7,11H2,1H3,(H,13,14). The molecule has 0 spiro atoms. The van der Waals surface area contributed by atoms with Crippen LogP contribution in [0.1, 0.15) is 45.4 Å². The third kappa shape index (κ3) is 6.60. The van der Waals surface area contributed by atoms with Gasteiger partial charge in [-0.25, -0.2) is 0 Å². The number of carbonyl (C=O) groups excluding carboxylic acids is 1. The highest BCUT2D eigenvalue weighted by Gasteiger charge is 2.13. The first kappa shape index (κ1) is 13.1. The van der Waals surface area contributed by atoms with E-state index in [0.29, 0.717) is 6.42 Å². The lowest BCUT2D eigenvalue weighted by molar-refractivity contribution is -0.137. The molecule has 4 heteroatoms. The molecule has 1 unspecified atom stereocenters. The number of aliphatic carboxylic acids is 1. The quantitative estimate of drug-likeness (QED) is 0.580. The lowest BCUT2D eigenvalue weighted by atomic mass is 10.0. The van der Waals surface area contributed by atoms with Gasteiger partial charge in [0.05, 0.1) is 6.04 Å². The van der Waals surface area contributed by atoms with E-state index in [1.54, 1.807) is 0 Å². The molecule has 0 aromatic carbocycles. The zero-order valence-corrected chi connectivity index (χ0v) is 8.66. The van der Waals surface area contributed by atoms with Gasteiger partial charge in [-0.15, -0.1) is 0 Å². The molecule has 0 rings (SSSR count). The van der Waals surface area contributed by atoms with Gasteiger partial charge in [0.25, 0.3) is 0 Å². The van der Waals surface area contributed by atoms with Crippen molar-refractivity contribution in [1.82, 2.24) is 0 Å². The normalized spacial score (nSPS) is 12.4. The monoisotopic (exact) mass is 201 g/mol. The summed E-state index contributed by atoms with van der Waals surface area (Å²) in [6, 6.07) is -0.594. The van der Waals surface area contributed by atoms with Crippen LogP contribution in [0.25, 0.3) is 0 Å². The first-order valence-corrected chi connectivity index (χ1v) is 5.08. The smallest absolute Gasteiger partial charge is 0.303 e. The van der Waals surface area contributed by atoms with Crippen LogP contribution in [-0.4, -0.2) is 22.9 Å². The highest BCUT2D eigenvalue weighted by atomic mass is 16.4. The van der Waals surface area contributed by atoms with Gasteiger partial charge in [-0.2, -0.15) is 0 Å². The summed E-state index contributed by atoms with van der Waals surface area (Å²) in [5.74, 6) is -0.915. The molecular weight excluding hydrogens is 182 g/mol. The molecule has 0 amide bonds. The van der Waals surface area contributed by atoms with Gasteiger partial charge >= 0.3 is 5.97 Å². The first-order valence-electron chi connectivity index (χ1n) is 5.08. The molecular formula is C10H19NO3. The molecule has 3 N–H and O–H groups in total. The maximum Gasteiger partial charge on any atom is 0.303 e. The predicted octanol–water partition coefficient (Wildman–Crippen LogP) is 1.33. The van der Waals surface area contributed by atoms with Gasteiger partial charge in [-0.1, -0.05) is 19.8 Å². The Kier molecular flexibility index (Phi) is 7.02. The summed E-state index contributed by atoms with van der Waals surface area (Å²) in [5.41, 5.74) is 5.53. The molecule has 0 aliphatic rings. The molecule has 0 aliphatic carbocycles. The summed E-state index contributed by atoms with van der Waals surface area (Å²) < 4.78 is 0.